The summed E-state index contributed by atoms with van der Waals surface area (Å²) in [7, 11) is -1.56. The van der Waals surface area contributed by atoms with E-state index in [9.17, 15) is 17.6 Å². The van der Waals surface area contributed by atoms with E-state index in [-0.39, 0.29) is 16.6 Å². The Bertz CT molecular complexity index is 1300. The third-order valence-corrected chi connectivity index (χ3v) is 9.27. The molecule has 180 valence electrons. The van der Waals surface area contributed by atoms with Gasteiger partial charge in [0.25, 0.3) is 0 Å². The van der Waals surface area contributed by atoms with Crippen LogP contribution in [-0.4, -0.2) is 36.9 Å². The Morgan fingerprint density at radius 3 is 2.35 bits per heavy atom. The van der Waals surface area contributed by atoms with Gasteiger partial charge in [-0.05, 0) is 79.1 Å². The number of sulfone groups is 1. The van der Waals surface area contributed by atoms with Crippen LogP contribution in [0.25, 0.3) is 10.9 Å². The number of nitrogens with zero attached hydrogens (tertiary/aromatic N) is 2. The van der Waals surface area contributed by atoms with E-state index < -0.39 is 15.7 Å². The summed E-state index contributed by atoms with van der Waals surface area (Å²) in [4.78, 5) is 15.0. The first-order valence-corrected chi connectivity index (χ1v) is 13.8. The van der Waals surface area contributed by atoms with Crippen molar-refractivity contribution in [3.8, 4) is 0 Å². The van der Waals surface area contributed by atoms with Crippen LogP contribution in [0.2, 0.25) is 0 Å². The molecule has 1 saturated carbocycles. The van der Waals surface area contributed by atoms with Crippen molar-refractivity contribution in [2.75, 3.05) is 13.1 Å². The van der Waals surface area contributed by atoms with E-state index in [1.54, 1.807) is 0 Å². The van der Waals surface area contributed by atoms with Gasteiger partial charge in [-0.25, -0.2) is 12.8 Å². The van der Waals surface area contributed by atoms with E-state index in [4.69, 9.17) is 0 Å². The van der Waals surface area contributed by atoms with Gasteiger partial charge in [0.2, 0.25) is 5.91 Å². The Kier molecular flexibility index (Phi) is 6.23. The van der Waals surface area contributed by atoms with Gasteiger partial charge in [-0.3, -0.25) is 4.79 Å². The maximum Gasteiger partial charge on any atom is 0.225 e. The number of benzene rings is 2. The van der Waals surface area contributed by atoms with Gasteiger partial charge in [0.05, 0.1) is 10.6 Å². The Balaban J connectivity index is 1.35. The summed E-state index contributed by atoms with van der Waals surface area (Å²) in [6, 6.07) is 10.8. The quantitative estimate of drug-likeness (QED) is 0.471. The van der Waals surface area contributed by atoms with Gasteiger partial charge < -0.3 is 9.47 Å². The first-order valence-electron chi connectivity index (χ1n) is 12.2. The van der Waals surface area contributed by atoms with Crippen molar-refractivity contribution in [2.45, 2.75) is 55.1 Å². The molecule has 1 saturated heterocycles. The molecule has 5 nitrogen and oxygen atoms in total. The minimum absolute atomic E-state index is 0.126. The van der Waals surface area contributed by atoms with E-state index >= 15 is 0 Å². The molecule has 3 aromatic rings. The van der Waals surface area contributed by atoms with Crippen molar-refractivity contribution in [3.05, 3.63) is 65.6 Å². The molecule has 0 bridgehead atoms. The maximum absolute atomic E-state index is 13.2. The van der Waals surface area contributed by atoms with E-state index in [2.05, 4.69) is 15.7 Å². The number of rotatable bonds is 5. The van der Waals surface area contributed by atoms with Gasteiger partial charge in [0, 0.05) is 43.2 Å². The Morgan fingerprint density at radius 2 is 1.68 bits per heavy atom. The molecule has 34 heavy (non-hydrogen) atoms. The molecular weight excluding hydrogens is 451 g/mol. The van der Waals surface area contributed by atoms with E-state index in [0.717, 1.165) is 55.2 Å². The molecule has 7 heteroatoms. The molecule has 2 aromatic carbocycles. The predicted octanol–water partition coefficient (Wildman–Crippen LogP) is 5.19. The molecular formula is C27H31FN2O3S. The summed E-state index contributed by atoms with van der Waals surface area (Å²) in [5.41, 5.74) is 3.02. The second-order valence-electron chi connectivity index (χ2n) is 9.84. The van der Waals surface area contributed by atoms with E-state index in [1.807, 2.05) is 25.2 Å². The average molecular weight is 483 g/mol. The second-order valence-corrected chi connectivity index (χ2v) is 11.8. The molecule has 1 aliphatic heterocycles. The topological polar surface area (TPSA) is 59.4 Å². The van der Waals surface area contributed by atoms with Gasteiger partial charge >= 0.3 is 0 Å². The number of carbonyl (C=O) groups is 1. The zero-order valence-electron chi connectivity index (χ0n) is 19.5. The first kappa shape index (κ1) is 23.1. The smallest absolute Gasteiger partial charge is 0.225 e. The van der Waals surface area contributed by atoms with Crippen LogP contribution < -0.4 is 0 Å². The average Bonchev–Trinajstić information content (AvgIpc) is 3.47. The van der Waals surface area contributed by atoms with Crippen LogP contribution in [0.5, 0.6) is 0 Å². The largest absolute Gasteiger partial charge is 0.350 e. The van der Waals surface area contributed by atoms with Gasteiger partial charge in [-0.2, -0.15) is 0 Å². The monoisotopic (exact) mass is 482 g/mol. The highest BCUT2D eigenvalue weighted by Gasteiger charge is 2.31. The number of hydrogen-bond acceptors (Lipinski definition) is 3. The molecule has 0 N–H and O–H groups in total. The number of amides is 1. The van der Waals surface area contributed by atoms with Crippen LogP contribution in [-0.2, 0) is 27.4 Å². The number of halogens is 1. The molecule has 0 atom stereocenters. The molecule has 0 spiro atoms. The van der Waals surface area contributed by atoms with E-state index in [0.29, 0.717) is 11.8 Å². The van der Waals surface area contributed by atoms with Crippen LogP contribution in [0.3, 0.4) is 0 Å². The fourth-order valence-corrected chi connectivity index (χ4v) is 7.01. The minimum Gasteiger partial charge on any atom is -0.350 e. The van der Waals surface area contributed by atoms with Gasteiger partial charge in [-0.1, -0.05) is 18.9 Å². The van der Waals surface area contributed by atoms with Crippen molar-refractivity contribution >= 4 is 26.6 Å². The molecule has 1 aliphatic carbocycles. The van der Waals surface area contributed by atoms with Crippen LogP contribution in [0.4, 0.5) is 4.39 Å². The zero-order valence-corrected chi connectivity index (χ0v) is 20.4. The van der Waals surface area contributed by atoms with Crippen molar-refractivity contribution in [2.24, 2.45) is 13.0 Å². The lowest BCUT2D eigenvalue weighted by Crippen LogP contribution is -2.40. The van der Waals surface area contributed by atoms with Crippen molar-refractivity contribution < 1.29 is 17.6 Å². The van der Waals surface area contributed by atoms with Gasteiger partial charge in [-0.15, -0.1) is 0 Å². The summed E-state index contributed by atoms with van der Waals surface area (Å²) < 4.78 is 41.1. The molecule has 2 fully saturated rings. The number of aromatic nitrogens is 1. The molecule has 5 rings (SSSR count). The standard InChI is InChI=1S/C27H31FN2O3S/c1-29-17-25(20-12-14-30(15-13-20)27(31)21-4-2-3-5-21)24-16-19(6-11-26(24)29)18-34(32,33)23-9-7-22(28)8-10-23/h6-11,16-17,20-21H,2-5,12-15,18H2,1H3. The lowest BCUT2D eigenvalue weighted by atomic mass is 9.88. The van der Waals surface area contributed by atoms with Crippen LogP contribution in [0.1, 0.15) is 55.6 Å². The number of hydrogen-bond donors (Lipinski definition) is 0. The summed E-state index contributed by atoms with van der Waals surface area (Å²) in [5, 5.41) is 1.08. The Labute approximate surface area is 200 Å². The summed E-state index contributed by atoms with van der Waals surface area (Å²) in [6.07, 6.45) is 8.41. The van der Waals surface area contributed by atoms with Crippen LogP contribution in [0, 0.1) is 11.7 Å². The molecule has 2 heterocycles. The van der Waals surface area contributed by atoms with Gasteiger partial charge in [0.1, 0.15) is 5.82 Å². The third kappa shape index (κ3) is 4.50. The van der Waals surface area contributed by atoms with Crippen molar-refractivity contribution in [3.63, 3.8) is 0 Å². The zero-order chi connectivity index (χ0) is 23.9. The number of fused-ring (bicyclic) bond motifs is 1. The molecule has 2 aliphatic rings. The Hall–Kier alpha value is -2.67. The first-order chi connectivity index (χ1) is 16.3. The number of likely N-dealkylation sites (tertiary alicyclic amines) is 1. The lowest BCUT2D eigenvalue weighted by molar-refractivity contribution is -0.136. The lowest BCUT2D eigenvalue weighted by Gasteiger charge is -2.33. The second kappa shape index (κ2) is 9.17. The molecule has 1 amide bonds. The molecule has 0 unspecified atom stereocenters. The predicted molar refractivity (Wildman–Crippen MR) is 131 cm³/mol. The number of piperidine rings is 1. The van der Waals surface area contributed by atoms with Crippen LogP contribution in [0.15, 0.2) is 53.6 Å². The highest BCUT2D eigenvalue weighted by molar-refractivity contribution is 7.90. The van der Waals surface area contributed by atoms with Crippen LogP contribution >= 0.6 is 0 Å². The highest BCUT2D eigenvalue weighted by Crippen LogP contribution is 2.36. The van der Waals surface area contributed by atoms with Gasteiger partial charge in [0.15, 0.2) is 9.84 Å². The van der Waals surface area contributed by atoms with Crippen molar-refractivity contribution in [1.82, 2.24) is 9.47 Å². The SMILES string of the molecule is Cn1cc(C2CCN(C(=O)C3CCCC3)CC2)c2cc(CS(=O)(=O)c3ccc(F)cc3)ccc21. The number of carbonyl (C=O) groups excluding carboxylic acids is 1. The summed E-state index contributed by atoms with van der Waals surface area (Å²) in [5.74, 6) is 0.324. The van der Waals surface area contributed by atoms with E-state index in [1.165, 1.54) is 42.7 Å². The minimum atomic E-state index is -3.57. The molecule has 0 radical (unpaired) electrons. The normalized spacial score (nSPS) is 18.1. The summed E-state index contributed by atoms with van der Waals surface area (Å²) >= 11 is 0. The fourth-order valence-electron chi connectivity index (χ4n) is 5.67. The molecule has 1 aromatic heterocycles. The third-order valence-electron chi connectivity index (χ3n) is 7.57. The summed E-state index contributed by atoms with van der Waals surface area (Å²) in [6.45, 7) is 1.57. The maximum atomic E-state index is 13.2. The Morgan fingerprint density at radius 1 is 1.00 bits per heavy atom. The highest BCUT2D eigenvalue weighted by atomic mass is 32.2. The fraction of sp³-hybridized carbons (Fsp3) is 0.444. The van der Waals surface area contributed by atoms with Crippen molar-refractivity contribution in [1.29, 1.82) is 0 Å². The number of aryl methyl sites for hydroxylation is 1.